The van der Waals surface area contributed by atoms with E-state index in [1.807, 2.05) is 6.07 Å². The van der Waals surface area contributed by atoms with Crippen molar-refractivity contribution in [1.29, 1.82) is 0 Å². The molecule has 0 radical (unpaired) electrons. The van der Waals surface area contributed by atoms with Gasteiger partial charge in [-0.05, 0) is 17.0 Å². The molecule has 0 bridgehead atoms. The lowest BCUT2D eigenvalue weighted by molar-refractivity contribution is 0.591. The summed E-state index contributed by atoms with van der Waals surface area (Å²) in [6.07, 6.45) is 5.99. The first-order valence-electron chi connectivity index (χ1n) is 5.32. The molecule has 0 amide bonds. The maximum atomic E-state index is 5.23. The number of hydrogen-bond donors (Lipinski definition) is 1. The Morgan fingerprint density at radius 1 is 1.27 bits per heavy atom. The van der Waals surface area contributed by atoms with Crippen LogP contribution < -0.4 is 5.32 Å². The maximum Gasteiger partial charge on any atom is 0.0378 e. The number of benzene rings is 1. The van der Waals surface area contributed by atoms with Crippen molar-refractivity contribution in [3.05, 3.63) is 29.8 Å². The van der Waals surface area contributed by atoms with Gasteiger partial charge in [0.25, 0.3) is 0 Å². The molecule has 1 heteroatoms. The van der Waals surface area contributed by atoms with Gasteiger partial charge in [-0.1, -0.05) is 39.0 Å². The van der Waals surface area contributed by atoms with E-state index in [1.165, 1.54) is 11.3 Å². The number of hydrogen-bond acceptors (Lipinski definition) is 1. The Bertz CT molecular complexity index is 352. The van der Waals surface area contributed by atoms with E-state index in [9.17, 15) is 0 Å². The molecule has 0 aromatic heterocycles. The van der Waals surface area contributed by atoms with Gasteiger partial charge in [-0.3, -0.25) is 0 Å². The lowest BCUT2D eigenvalue weighted by Gasteiger charge is -2.23. The second-order valence-corrected chi connectivity index (χ2v) is 4.68. The molecule has 15 heavy (non-hydrogen) atoms. The highest BCUT2D eigenvalue weighted by molar-refractivity contribution is 5.54. The van der Waals surface area contributed by atoms with Crippen LogP contribution in [0.2, 0.25) is 0 Å². The minimum Gasteiger partial charge on any atom is -0.384 e. The van der Waals surface area contributed by atoms with E-state index in [4.69, 9.17) is 6.42 Å². The molecule has 0 saturated carbocycles. The predicted molar refractivity (Wildman–Crippen MR) is 67.1 cm³/mol. The first-order chi connectivity index (χ1) is 7.05. The van der Waals surface area contributed by atoms with Crippen LogP contribution >= 0.6 is 0 Å². The molecule has 1 nitrogen and oxygen atoms in total. The zero-order chi connectivity index (χ0) is 11.3. The Hall–Kier alpha value is -1.42. The normalized spacial score (nSPS) is 10.8. The predicted octanol–water partition coefficient (Wildman–Crippen LogP) is 3.42. The molecule has 1 rings (SSSR count). The van der Waals surface area contributed by atoms with Gasteiger partial charge in [0.15, 0.2) is 0 Å². The summed E-state index contributed by atoms with van der Waals surface area (Å²) in [6.45, 7) is 7.49. The summed E-state index contributed by atoms with van der Waals surface area (Å²) in [5.41, 5.74) is 2.70. The van der Waals surface area contributed by atoms with E-state index >= 15 is 0 Å². The second kappa shape index (κ2) is 4.89. The van der Waals surface area contributed by atoms with Crippen LogP contribution in [-0.4, -0.2) is 6.54 Å². The summed E-state index contributed by atoms with van der Waals surface area (Å²) < 4.78 is 0. The molecule has 0 saturated heterocycles. The van der Waals surface area contributed by atoms with Gasteiger partial charge in [-0.15, -0.1) is 12.3 Å². The Morgan fingerprint density at radius 3 is 2.53 bits per heavy atom. The van der Waals surface area contributed by atoms with E-state index in [0.717, 1.165) is 13.0 Å². The first kappa shape index (κ1) is 11.7. The molecule has 0 heterocycles. The molecule has 1 aromatic rings. The number of para-hydroxylation sites is 1. The van der Waals surface area contributed by atoms with Crippen molar-refractivity contribution < 1.29 is 0 Å². The third-order valence-electron chi connectivity index (χ3n) is 2.32. The fraction of sp³-hybridized carbons (Fsp3) is 0.429. The summed E-state index contributed by atoms with van der Waals surface area (Å²) in [5.74, 6) is 2.63. The Morgan fingerprint density at radius 2 is 1.93 bits per heavy atom. The van der Waals surface area contributed by atoms with Crippen molar-refractivity contribution in [3.8, 4) is 12.3 Å². The van der Waals surface area contributed by atoms with Gasteiger partial charge in [0, 0.05) is 18.7 Å². The van der Waals surface area contributed by atoms with E-state index in [0.29, 0.717) is 0 Å². The van der Waals surface area contributed by atoms with Crippen LogP contribution in [0.1, 0.15) is 32.8 Å². The van der Waals surface area contributed by atoms with E-state index < -0.39 is 0 Å². The third kappa shape index (κ3) is 3.32. The fourth-order valence-corrected chi connectivity index (χ4v) is 1.56. The highest BCUT2D eigenvalue weighted by atomic mass is 14.9. The molecular formula is C14H19N. The standard InChI is InChI=1S/C14H19N/c1-5-6-11-15-13-10-8-7-9-12(13)14(2,3)4/h1,7-10,15H,6,11H2,2-4H3. The number of terminal acetylenes is 1. The fourth-order valence-electron chi connectivity index (χ4n) is 1.56. The largest absolute Gasteiger partial charge is 0.384 e. The SMILES string of the molecule is C#CCCNc1ccccc1C(C)(C)C. The smallest absolute Gasteiger partial charge is 0.0378 e. The summed E-state index contributed by atoms with van der Waals surface area (Å²) in [7, 11) is 0. The van der Waals surface area contributed by atoms with Crippen molar-refractivity contribution in [2.45, 2.75) is 32.6 Å². The lowest BCUT2D eigenvalue weighted by Crippen LogP contribution is -2.15. The number of nitrogens with one attached hydrogen (secondary N) is 1. The highest BCUT2D eigenvalue weighted by Gasteiger charge is 2.16. The van der Waals surface area contributed by atoms with Crippen molar-refractivity contribution in [2.75, 3.05) is 11.9 Å². The van der Waals surface area contributed by atoms with Gasteiger partial charge in [0.05, 0.1) is 0 Å². The molecular weight excluding hydrogens is 182 g/mol. The summed E-state index contributed by atoms with van der Waals surface area (Å²) in [5, 5.41) is 3.38. The number of rotatable bonds is 3. The minimum absolute atomic E-state index is 0.166. The molecule has 0 unspecified atom stereocenters. The van der Waals surface area contributed by atoms with Gasteiger partial charge in [0.1, 0.15) is 0 Å². The maximum absolute atomic E-state index is 5.23. The van der Waals surface area contributed by atoms with Crippen molar-refractivity contribution >= 4 is 5.69 Å². The third-order valence-corrected chi connectivity index (χ3v) is 2.32. The van der Waals surface area contributed by atoms with Gasteiger partial charge in [-0.2, -0.15) is 0 Å². The average molecular weight is 201 g/mol. The molecule has 1 aromatic carbocycles. The van der Waals surface area contributed by atoms with Crippen LogP contribution in [0.3, 0.4) is 0 Å². The quantitative estimate of drug-likeness (QED) is 0.583. The molecule has 1 N–H and O–H groups in total. The summed E-state index contributed by atoms with van der Waals surface area (Å²) in [6, 6.07) is 8.40. The van der Waals surface area contributed by atoms with E-state index in [-0.39, 0.29) is 5.41 Å². The summed E-state index contributed by atoms with van der Waals surface area (Å²) >= 11 is 0. The van der Waals surface area contributed by atoms with Gasteiger partial charge in [0.2, 0.25) is 0 Å². The number of anilines is 1. The minimum atomic E-state index is 0.166. The molecule has 0 aliphatic rings. The monoisotopic (exact) mass is 201 g/mol. The van der Waals surface area contributed by atoms with Crippen LogP contribution in [-0.2, 0) is 5.41 Å². The topological polar surface area (TPSA) is 12.0 Å². The Labute approximate surface area is 92.9 Å². The molecule has 0 aliphatic carbocycles. The Balaban J connectivity index is 2.83. The van der Waals surface area contributed by atoms with E-state index in [2.05, 4.69) is 50.2 Å². The van der Waals surface area contributed by atoms with E-state index in [1.54, 1.807) is 0 Å². The Kier molecular flexibility index (Phi) is 3.80. The zero-order valence-corrected chi connectivity index (χ0v) is 9.80. The van der Waals surface area contributed by atoms with Crippen LogP contribution in [0.5, 0.6) is 0 Å². The van der Waals surface area contributed by atoms with Crippen LogP contribution in [0.25, 0.3) is 0 Å². The lowest BCUT2D eigenvalue weighted by atomic mass is 9.86. The van der Waals surface area contributed by atoms with Crippen molar-refractivity contribution in [3.63, 3.8) is 0 Å². The van der Waals surface area contributed by atoms with Gasteiger partial charge in [-0.25, -0.2) is 0 Å². The molecule has 0 fully saturated rings. The van der Waals surface area contributed by atoms with Crippen molar-refractivity contribution in [1.82, 2.24) is 0 Å². The highest BCUT2D eigenvalue weighted by Crippen LogP contribution is 2.28. The van der Waals surface area contributed by atoms with Gasteiger partial charge >= 0.3 is 0 Å². The summed E-state index contributed by atoms with van der Waals surface area (Å²) in [4.78, 5) is 0. The molecule has 0 spiro atoms. The van der Waals surface area contributed by atoms with Crippen LogP contribution in [0.15, 0.2) is 24.3 Å². The van der Waals surface area contributed by atoms with Crippen LogP contribution in [0, 0.1) is 12.3 Å². The van der Waals surface area contributed by atoms with Crippen LogP contribution in [0.4, 0.5) is 5.69 Å². The van der Waals surface area contributed by atoms with Crippen molar-refractivity contribution in [2.24, 2.45) is 0 Å². The van der Waals surface area contributed by atoms with Gasteiger partial charge < -0.3 is 5.32 Å². The second-order valence-electron chi connectivity index (χ2n) is 4.68. The molecule has 80 valence electrons. The molecule has 0 aliphatic heterocycles. The average Bonchev–Trinajstić information content (AvgIpc) is 2.17. The molecule has 0 atom stereocenters. The zero-order valence-electron chi connectivity index (χ0n) is 9.80. The first-order valence-corrected chi connectivity index (χ1v) is 5.32.